The van der Waals surface area contributed by atoms with Crippen LogP contribution in [0.5, 0.6) is 0 Å². The van der Waals surface area contributed by atoms with Crippen LogP contribution in [0.25, 0.3) is 10.8 Å². The summed E-state index contributed by atoms with van der Waals surface area (Å²) in [6.07, 6.45) is 1.15. The molecule has 0 aromatic heterocycles. The first-order valence-electron chi connectivity index (χ1n) is 6.06. The Balaban J connectivity index is 2.08. The van der Waals surface area contributed by atoms with Crippen LogP contribution in [0.15, 0.2) is 42.5 Å². The van der Waals surface area contributed by atoms with E-state index in [1.807, 2.05) is 0 Å². The maximum atomic E-state index is 4.24. The molecule has 0 radical (unpaired) electrons. The van der Waals surface area contributed by atoms with Gasteiger partial charge in [0.05, 0.1) is 0 Å². The summed E-state index contributed by atoms with van der Waals surface area (Å²) in [5.74, 6) is 0.960. The molecule has 90 valence electrons. The minimum Gasteiger partial charge on any atom is -0.302 e. The van der Waals surface area contributed by atoms with E-state index in [-0.39, 0.29) is 0 Å². The molecule has 2 aromatic carbocycles. The maximum Gasteiger partial charge on any atom is 0.0230 e. The zero-order valence-electron chi connectivity index (χ0n) is 10.3. The Morgan fingerprint density at radius 2 is 1.82 bits per heavy atom. The number of fused-ring (bicyclic) bond motifs is 1. The average Bonchev–Trinajstić information content (AvgIpc) is 2.36. The first-order chi connectivity index (χ1) is 8.29. The lowest BCUT2D eigenvalue weighted by Gasteiger charge is -2.16. The van der Waals surface area contributed by atoms with Crippen molar-refractivity contribution in [2.24, 2.45) is 0 Å². The van der Waals surface area contributed by atoms with E-state index in [1.165, 1.54) is 16.3 Å². The van der Waals surface area contributed by atoms with Gasteiger partial charge in [-0.25, -0.2) is 0 Å². The van der Waals surface area contributed by atoms with E-state index in [0.29, 0.717) is 0 Å². The predicted molar refractivity (Wildman–Crippen MR) is 78.8 cm³/mol. The second-order valence-corrected chi connectivity index (χ2v) is 4.94. The van der Waals surface area contributed by atoms with E-state index in [4.69, 9.17) is 0 Å². The van der Waals surface area contributed by atoms with Crippen molar-refractivity contribution in [2.45, 2.75) is 13.0 Å². The van der Waals surface area contributed by atoms with Gasteiger partial charge in [-0.05, 0) is 48.2 Å². The molecule has 2 heteroatoms. The smallest absolute Gasteiger partial charge is 0.0230 e. The third kappa shape index (κ3) is 3.48. The van der Waals surface area contributed by atoms with Crippen LogP contribution < -0.4 is 0 Å². The van der Waals surface area contributed by atoms with Gasteiger partial charge in [0.25, 0.3) is 0 Å². The van der Waals surface area contributed by atoms with Crippen LogP contribution in [0, 0.1) is 0 Å². The van der Waals surface area contributed by atoms with Crippen LogP contribution in [0.2, 0.25) is 0 Å². The number of rotatable bonds is 5. The van der Waals surface area contributed by atoms with Gasteiger partial charge in [-0.15, -0.1) is 0 Å². The molecule has 0 saturated heterocycles. The third-order valence-corrected chi connectivity index (χ3v) is 3.28. The summed E-state index contributed by atoms with van der Waals surface area (Å²) >= 11 is 4.24. The van der Waals surface area contributed by atoms with E-state index in [9.17, 15) is 0 Å². The number of hydrogen-bond donors (Lipinski definition) is 1. The van der Waals surface area contributed by atoms with Crippen LogP contribution in [-0.2, 0) is 6.54 Å². The maximum absolute atomic E-state index is 4.24. The van der Waals surface area contributed by atoms with Gasteiger partial charge in [0.1, 0.15) is 0 Å². The summed E-state index contributed by atoms with van der Waals surface area (Å²) in [4.78, 5) is 2.35. The molecule has 0 spiro atoms. The van der Waals surface area contributed by atoms with Gasteiger partial charge >= 0.3 is 0 Å². The summed E-state index contributed by atoms with van der Waals surface area (Å²) < 4.78 is 0. The van der Waals surface area contributed by atoms with E-state index in [1.54, 1.807) is 0 Å². The Morgan fingerprint density at radius 1 is 1.06 bits per heavy atom. The molecule has 0 unspecified atom stereocenters. The van der Waals surface area contributed by atoms with E-state index in [2.05, 4.69) is 67.0 Å². The lowest BCUT2D eigenvalue weighted by molar-refractivity contribution is 0.329. The van der Waals surface area contributed by atoms with Gasteiger partial charge in [-0.3, -0.25) is 0 Å². The molecule has 0 amide bonds. The molecule has 17 heavy (non-hydrogen) atoms. The second kappa shape index (κ2) is 6.08. The highest BCUT2D eigenvalue weighted by Gasteiger charge is 2.00. The topological polar surface area (TPSA) is 3.24 Å². The minimum atomic E-state index is 0.960. The average molecular weight is 245 g/mol. The normalized spacial score (nSPS) is 11.2. The van der Waals surface area contributed by atoms with Crippen molar-refractivity contribution in [3.63, 3.8) is 0 Å². The fourth-order valence-electron chi connectivity index (χ4n) is 2.07. The van der Waals surface area contributed by atoms with Crippen LogP contribution in [0.4, 0.5) is 0 Å². The molecular weight excluding hydrogens is 226 g/mol. The SMILES string of the molecule is CN(CCCS)Cc1ccc2ccccc2c1. The lowest BCUT2D eigenvalue weighted by Crippen LogP contribution is -2.19. The van der Waals surface area contributed by atoms with Crippen LogP contribution in [0.1, 0.15) is 12.0 Å². The van der Waals surface area contributed by atoms with Crippen LogP contribution >= 0.6 is 12.6 Å². The van der Waals surface area contributed by atoms with Gasteiger partial charge < -0.3 is 4.90 Å². The minimum absolute atomic E-state index is 0.960. The van der Waals surface area contributed by atoms with Crippen molar-refractivity contribution < 1.29 is 0 Å². The molecule has 0 bridgehead atoms. The Labute approximate surface area is 109 Å². The van der Waals surface area contributed by atoms with Gasteiger partial charge in [0.15, 0.2) is 0 Å². The van der Waals surface area contributed by atoms with E-state index >= 15 is 0 Å². The highest BCUT2D eigenvalue weighted by Crippen LogP contribution is 2.16. The molecule has 0 atom stereocenters. The first-order valence-corrected chi connectivity index (χ1v) is 6.70. The summed E-state index contributed by atoms with van der Waals surface area (Å²) in [5.41, 5.74) is 1.38. The van der Waals surface area contributed by atoms with Gasteiger partial charge in [0, 0.05) is 6.54 Å². The number of benzene rings is 2. The highest BCUT2D eigenvalue weighted by atomic mass is 32.1. The number of hydrogen-bond acceptors (Lipinski definition) is 2. The fraction of sp³-hybridized carbons (Fsp3) is 0.333. The Bertz CT molecular complexity index is 481. The van der Waals surface area contributed by atoms with Crippen molar-refractivity contribution in [1.82, 2.24) is 4.90 Å². The lowest BCUT2D eigenvalue weighted by atomic mass is 10.1. The Hall–Kier alpha value is -0.990. The van der Waals surface area contributed by atoms with Crippen LogP contribution in [0.3, 0.4) is 0 Å². The molecule has 0 aliphatic carbocycles. The molecule has 0 aliphatic rings. The molecule has 0 saturated carbocycles. The molecule has 0 fully saturated rings. The molecule has 0 heterocycles. The molecule has 2 aromatic rings. The van der Waals surface area contributed by atoms with Gasteiger partial charge in [-0.2, -0.15) is 12.6 Å². The zero-order valence-corrected chi connectivity index (χ0v) is 11.2. The summed E-state index contributed by atoms with van der Waals surface area (Å²) in [6, 6.07) is 15.2. The summed E-state index contributed by atoms with van der Waals surface area (Å²) in [5, 5.41) is 2.64. The van der Waals surface area contributed by atoms with Crippen molar-refractivity contribution >= 4 is 23.4 Å². The van der Waals surface area contributed by atoms with Gasteiger partial charge in [-0.1, -0.05) is 36.4 Å². The highest BCUT2D eigenvalue weighted by molar-refractivity contribution is 7.80. The van der Waals surface area contributed by atoms with Gasteiger partial charge in [0.2, 0.25) is 0 Å². The quantitative estimate of drug-likeness (QED) is 0.788. The molecule has 0 N–H and O–H groups in total. The van der Waals surface area contributed by atoms with Crippen LogP contribution in [-0.4, -0.2) is 24.2 Å². The van der Waals surface area contributed by atoms with Crippen molar-refractivity contribution in [2.75, 3.05) is 19.3 Å². The number of nitrogens with zero attached hydrogens (tertiary/aromatic N) is 1. The number of thiol groups is 1. The zero-order chi connectivity index (χ0) is 12.1. The largest absolute Gasteiger partial charge is 0.302 e. The molecule has 1 nitrogen and oxygen atoms in total. The molecule has 0 aliphatic heterocycles. The monoisotopic (exact) mass is 245 g/mol. The standard InChI is InChI=1S/C15H19NS/c1-16(9-4-10-17)12-13-7-8-14-5-2-3-6-15(14)11-13/h2-3,5-8,11,17H,4,9-10,12H2,1H3. The Morgan fingerprint density at radius 3 is 2.59 bits per heavy atom. The fourth-order valence-corrected chi connectivity index (χ4v) is 2.21. The van der Waals surface area contributed by atoms with Crippen molar-refractivity contribution in [3.05, 3.63) is 48.0 Å². The second-order valence-electron chi connectivity index (χ2n) is 4.50. The van der Waals surface area contributed by atoms with Crippen molar-refractivity contribution in [1.29, 1.82) is 0 Å². The Kier molecular flexibility index (Phi) is 4.46. The molecule has 2 rings (SSSR count). The summed E-state index contributed by atoms with van der Waals surface area (Å²) in [7, 11) is 2.17. The van der Waals surface area contributed by atoms with E-state index in [0.717, 1.165) is 25.3 Å². The molecular formula is C15H19NS. The van der Waals surface area contributed by atoms with Crippen molar-refractivity contribution in [3.8, 4) is 0 Å². The first kappa shape index (κ1) is 12.5. The predicted octanol–water partition coefficient (Wildman–Crippen LogP) is 3.59. The third-order valence-electron chi connectivity index (χ3n) is 2.96. The van der Waals surface area contributed by atoms with E-state index < -0.39 is 0 Å². The summed E-state index contributed by atoms with van der Waals surface area (Å²) in [6.45, 7) is 2.12.